The van der Waals surface area contributed by atoms with E-state index < -0.39 is 10.0 Å². The van der Waals surface area contributed by atoms with Crippen LogP contribution in [0.1, 0.15) is 6.42 Å². The monoisotopic (exact) mass is 181 g/mol. The fourth-order valence-electron chi connectivity index (χ4n) is 1.01. The summed E-state index contributed by atoms with van der Waals surface area (Å²) in [5.41, 5.74) is 0. The van der Waals surface area contributed by atoms with Crippen LogP contribution in [-0.2, 0) is 10.0 Å². The van der Waals surface area contributed by atoms with Crippen molar-refractivity contribution in [2.75, 3.05) is 19.3 Å². The van der Waals surface area contributed by atoms with Gasteiger partial charge in [-0.05, 0) is 6.42 Å². The Morgan fingerprint density at radius 1 is 1.60 bits per heavy atom. The highest BCUT2D eigenvalue weighted by Crippen LogP contribution is 2.16. The van der Waals surface area contributed by atoms with Crippen LogP contribution in [0.3, 0.4) is 0 Å². The molecular weight excluding hydrogens is 170 g/mol. The Hall–Kier alpha value is 0.260. The first-order chi connectivity index (χ1) is 4.50. The summed E-state index contributed by atoms with van der Waals surface area (Å²) in [7, 11) is -2.95. The average Bonchev–Trinajstić information content (AvgIpc) is 2.11. The van der Waals surface area contributed by atoms with Crippen LogP contribution in [-0.4, -0.2) is 37.3 Å². The molecule has 1 unspecified atom stereocenters. The first kappa shape index (κ1) is 8.36. The molecule has 0 radical (unpaired) electrons. The molecule has 10 heavy (non-hydrogen) atoms. The standard InChI is InChI=1S/C5H11NO2S2/c1-10(7,8)6-3-2-5(9)4-6/h5,9H,2-4H2,1H3. The molecule has 60 valence electrons. The summed E-state index contributed by atoms with van der Waals surface area (Å²) >= 11 is 4.18. The van der Waals surface area contributed by atoms with Gasteiger partial charge in [-0.25, -0.2) is 12.7 Å². The van der Waals surface area contributed by atoms with Crippen molar-refractivity contribution in [2.45, 2.75) is 11.7 Å². The molecule has 0 bridgehead atoms. The number of nitrogens with zero attached hydrogens (tertiary/aromatic N) is 1. The Morgan fingerprint density at radius 2 is 2.20 bits per heavy atom. The lowest BCUT2D eigenvalue weighted by Crippen LogP contribution is -2.27. The Balaban J connectivity index is 2.62. The van der Waals surface area contributed by atoms with Crippen molar-refractivity contribution in [3.05, 3.63) is 0 Å². The zero-order valence-corrected chi connectivity index (χ0v) is 7.53. The van der Waals surface area contributed by atoms with Crippen molar-refractivity contribution >= 4 is 22.7 Å². The van der Waals surface area contributed by atoms with Crippen LogP contribution in [0, 0.1) is 0 Å². The molecule has 1 rings (SSSR count). The fourth-order valence-corrected chi connectivity index (χ4v) is 2.32. The van der Waals surface area contributed by atoms with Crippen molar-refractivity contribution in [3.8, 4) is 0 Å². The lowest BCUT2D eigenvalue weighted by Gasteiger charge is -2.10. The van der Waals surface area contributed by atoms with Crippen LogP contribution in [0.25, 0.3) is 0 Å². The van der Waals surface area contributed by atoms with Crippen LogP contribution in [0.15, 0.2) is 0 Å². The normalized spacial score (nSPS) is 29.2. The predicted octanol–water partition coefficient (Wildman–Crippen LogP) is -0.0499. The summed E-state index contributed by atoms with van der Waals surface area (Å²) in [4.78, 5) is 0. The smallest absolute Gasteiger partial charge is 0.211 e. The molecule has 1 aliphatic rings. The number of hydrogen-bond acceptors (Lipinski definition) is 3. The van der Waals surface area contributed by atoms with Crippen LogP contribution in [0.5, 0.6) is 0 Å². The zero-order valence-electron chi connectivity index (χ0n) is 5.82. The maximum atomic E-state index is 10.9. The quantitative estimate of drug-likeness (QED) is 0.576. The van der Waals surface area contributed by atoms with Gasteiger partial charge in [0.15, 0.2) is 0 Å². The Bertz CT molecular complexity index is 212. The largest absolute Gasteiger partial charge is 0.213 e. The van der Waals surface area contributed by atoms with E-state index in [1.54, 1.807) is 0 Å². The van der Waals surface area contributed by atoms with E-state index in [0.29, 0.717) is 13.1 Å². The number of thiol groups is 1. The number of rotatable bonds is 1. The van der Waals surface area contributed by atoms with Gasteiger partial charge in [0.05, 0.1) is 6.26 Å². The third-order valence-corrected chi connectivity index (χ3v) is 3.29. The molecule has 0 saturated carbocycles. The molecule has 3 nitrogen and oxygen atoms in total. The van der Waals surface area contributed by atoms with Crippen molar-refractivity contribution in [1.82, 2.24) is 4.31 Å². The zero-order chi connectivity index (χ0) is 7.78. The van der Waals surface area contributed by atoms with E-state index in [9.17, 15) is 8.42 Å². The van der Waals surface area contributed by atoms with Crippen molar-refractivity contribution in [3.63, 3.8) is 0 Å². The van der Waals surface area contributed by atoms with E-state index in [0.717, 1.165) is 6.42 Å². The minimum absolute atomic E-state index is 0.231. The molecule has 0 aliphatic carbocycles. The summed E-state index contributed by atoms with van der Waals surface area (Å²) in [6.45, 7) is 1.20. The summed E-state index contributed by atoms with van der Waals surface area (Å²) in [5, 5.41) is 0.231. The maximum absolute atomic E-state index is 10.9. The van der Waals surface area contributed by atoms with Gasteiger partial charge < -0.3 is 0 Å². The molecule has 0 aromatic carbocycles. The van der Waals surface area contributed by atoms with Crippen molar-refractivity contribution < 1.29 is 8.42 Å². The molecule has 0 aromatic rings. The number of sulfonamides is 1. The molecule has 5 heteroatoms. The second-order valence-electron chi connectivity index (χ2n) is 2.56. The lowest BCUT2D eigenvalue weighted by molar-refractivity contribution is 0.484. The van der Waals surface area contributed by atoms with E-state index in [1.165, 1.54) is 10.6 Å². The molecule has 1 atom stereocenters. The molecule has 1 heterocycles. The third-order valence-electron chi connectivity index (χ3n) is 1.60. The second-order valence-corrected chi connectivity index (χ2v) is 5.28. The van der Waals surface area contributed by atoms with Crippen LogP contribution < -0.4 is 0 Å². The minimum atomic E-state index is -2.95. The topological polar surface area (TPSA) is 37.4 Å². The van der Waals surface area contributed by atoms with Gasteiger partial charge in [0.2, 0.25) is 10.0 Å². The Kier molecular flexibility index (Phi) is 2.27. The molecule has 0 spiro atoms. The molecule has 1 aliphatic heterocycles. The summed E-state index contributed by atoms with van der Waals surface area (Å²) < 4.78 is 23.2. The van der Waals surface area contributed by atoms with E-state index in [4.69, 9.17) is 0 Å². The van der Waals surface area contributed by atoms with Crippen molar-refractivity contribution in [2.24, 2.45) is 0 Å². The van der Waals surface area contributed by atoms with Gasteiger partial charge >= 0.3 is 0 Å². The van der Waals surface area contributed by atoms with Crippen LogP contribution >= 0.6 is 12.6 Å². The van der Waals surface area contributed by atoms with E-state index in [1.807, 2.05) is 0 Å². The van der Waals surface area contributed by atoms with E-state index >= 15 is 0 Å². The highest BCUT2D eigenvalue weighted by Gasteiger charge is 2.25. The highest BCUT2D eigenvalue weighted by atomic mass is 32.2. The fraction of sp³-hybridized carbons (Fsp3) is 1.00. The summed E-state index contributed by atoms with van der Waals surface area (Å²) in [6.07, 6.45) is 2.11. The van der Waals surface area contributed by atoms with Gasteiger partial charge in [-0.2, -0.15) is 12.6 Å². The van der Waals surface area contributed by atoms with Gasteiger partial charge in [-0.3, -0.25) is 0 Å². The minimum Gasteiger partial charge on any atom is -0.213 e. The first-order valence-corrected chi connectivity index (χ1v) is 5.50. The van der Waals surface area contributed by atoms with Gasteiger partial charge in [0.1, 0.15) is 0 Å². The third kappa shape index (κ3) is 1.87. The Morgan fingerprint density at radius 3 is 2.40 bits per heavy atom. The lowest BCUT2D eigenvalue weighted by atomic mass is 10.4. The van der Waals surface area contributed by atoms with Crippen LogP contribution in [0.2, 0.25) is 0 Å². The van der Waals surface area contributed by atoms with E-state index in [2.05, 4.69) is 12.6 Å². The van der Waals surface area contributed by atoms with Gasteiger partial charge in [0.25, 0.3) is 0 Å². The molecule has 0 amide bonds. The molecule has 1 saturated heterocycles. The Labute approximate surface area is 66.9 Å². The first-order valence-electron chi connectivity index (χ1n) is 3.13. The molecular formula is C5H11NO2S2. The highest BCUT2D eigenvalue weighted by molar-refractivity contribution is 7.88. The second kappa shape index (κ2) is 2.71. The number of hydrogen-bond donors (Lipinski definition) is 1. The predicted molar refractivity (Wildman–Crippen MR) is 43.8 cm³/mol. The maximum Gasteiger partial charge on any atom is 0.211 e. The SMILES string of the molecule is CS(=O)(=O)N1CCC(S)C1. The molecule has 1 fully saturated rings. The van der Waals surface area contributed by atoms with Crippen LogP contribution in [0.4, 0.5) is 0 Å². The van der Waals surface area contributed by atoms with Gasteiger partial charge in [-0.1, -0.05) is 0 Å². The summed E-state index contributed by atoms with van der Waals surface area (Å²) in [6, 6.07) is 0. The van der Waals surface area contributed by atoms with Gasteiger partial charge in [0, 0.05) is 18.3 Å². The summed E-state index contributed by atoms with van der Waals surface area (Å²) in [5.74, 6) is 0. The van der Waals surface area contributed by atoms with Crippen molar-refractivity contribution in [1.29, 1.82) is 0 Å². The van der Waals surface area contributed by atoms with Gasteiger partial charge in [-0.15, -0.1) is 0 Å². The molecule has 0 N–H and O–H groups in total. The molecule has 0 aromatic heterocycles. The van der Waals surface area contributed by atoms with E-state index in [-0.39, 0.29) is 5.25 Å². The average molecular weight is 181 g/mol.